The summed E-state index contributed by atoms with van der Waals surface area (Å²) >= 11 is 0. The van der Waals surface area contributed by atoms with Crippen molar-refractivity contribution in [3.63, 3.8) is 0 Å². The molecule has 0 spiro atoms. The Kier molecular flexibility index (Phi) is 6.52. The predicted molar refractivity (Wildman–Crippen MR) is 124 cm³/mol. The largest absolute Gasteiger partial charge is 0.497 e. The number of alkyl carbamates (subject to hydrolysis) is 1. The maximum Gasteiger partial charge on any atom is 0.407 e. The Labute approximate surface area is 187 Å². The van der Waals surface area contributed by atoms with E-state index in [1.807, 2.05) is 42.5 Å². The minimum absolute atomic E-state index is 0.0468. The van der Waals surface area contributed by atoms with E-state index in [0.29, 0.717) is 30.9 Å². The minimum atomic E-state index is -0.431. The van der Waals surface area contributed by atoms with Gasteiger partial charge in [-0.1, -0.05) is 60.7 Å². The van der Waals surface area contributed by atoms with Gasteiger partial charge in [-0.25, -0.2) is 4.79 Å². The van der Waals surface area contributed by atoms with E-state index in [1.54, 1.807) is 19.2 Å². The van der Waals surface area contributed by atoms with Gasteiger partial charge in [0.1, 0.15) is 12.4 Å². The second-order valence-corrected chi connectivity index (χ2v) is 7.51. The number of hydrogen-bond acceptors (Lipinski definition) is 4. The standard InChI is InChI=1S/C27H24N2O3/c1-31-21-14-13-20(17-28)19(16-21)8-6-7-15-29-27(30)32-18-26-24-11-4-2-9-22(24)23-10-3-5-12-25(23)26/h2-6,8-14,16,26H,7,15,18H2,1H3,(H,29,30). The molecule has 3 aromatic carbocycles. The summed E-state index contributed by atoms with van der Waals surface area (Å²) in [5, 5.41) is 12.0. The first kappa shape index (κ1) is 21.2. The summed E-state index contributed by atoms with van der Waals surface area (Å²) in [6, 6.07) is 24.0. The number of fused-ring (bicyclic) bond motifs is 3. The molecule has 3 aromatic rings. The van der Waals surface area contributed by atoms with Gasteiger partial charge in [0.25, 0.3) is 0 Å². The Morgan fingerprint density at radius 2 is 1.75 bits per heavy atom. The van der Waals surface area contributed by atoms with Gasteiger partial charge in [0.2, 0.25) is 0 Å². The molecule has 0 aliphatic heterocycles. The summed E-state index contributed by atoms with van der Waals surface area (Å²) in [4.78, 5) is 12.2. The van der Waals surface area contributed by atoms with Crippen LogP contribution in [0.25, 0.3) is 17.2 Å². The molecule has 4 rings (SSSR count). The third kappa shape index (κ3) is 4.50. The number of ether oxygens (including phenoxy) is 2. The highest BCUT2D eigenvalue weighted by Gasteiger charge is 2.28. The van der Waals surface area contributed by atoms with E-state index in [0.717, 1.165) is 5.56 Å². The van der Waals surface area contributed by atoms with Crippen LogP contribution in [0.4, 0.5) is 4.79 Å². The first-order chi connectivity index (χ1) is 15.7. The van der Waals surface area contributed by atoms with Crippen LogP contribution in [0.3, 0.4) is 0 Å². The number of carbonyl (C=O) groups excluding carboxylic acids is 1. The van der Waals surface area contributed by atoms with Crippen molar-refractivity contribution in [1.29, 1.82) is 5.26 Å². The molecule has 0 unspecified atom stereocenters. The second kappa shape index (κ2) is 9.84. The van der Waals surface area contributed by atoms with Crippen LogP contribution >= 0.6 is 0 Å². The molecule has 1 aliphatic rings. The zero-order chi connectivity index (χ0) is 22.3. The van der Waals surface area contributed by atoms with Crippen LogP contribution in [0.15, 0.2) is 72.8 Å². The summed E-state index contributed by atoms with van der Waals surface area (Å²) in [6.45, 7) is 0.740. The van der Waals surface area contributed by atoms with E-state index in [1.165, 1.54) is 22.3 Å². The summed E-state index contributed by atoms with van der Waals surface area (Å²) in [5.41, 5.74) is 6.15. The number of methoxy groups -OCH3 is 1. The third-order valence-electron chi connectivity index (χ3n) is 5.60. The zero-order valence-corrected chi connectivity index (χ0v) is 17.9. The van der Waals surface area contributed by atoms with Crippen molar-refractivity contribution in [2.75, 3.05) is 20.3 Å². The summed E-state index contributed by atoms with van der Waals surface area (Å²) in [5.74, 6) is 0.742. The fourth-order valence-electron chi connectivity index (χ4n) is 4.02. The van der Waals surface area contributed by atoms with E-state index in [9.17, 15) is 10.1 Å². The molecule has 1 aliphatic carbocycles. The van der Waals surface area contributed by atoms with Crippen molar-refractivity contribution in [3.8, 4) is 22.9 Å². The Morgan fingerprint density at radius 1 is 1.06 bits per heavy atom. The number of nitriles is 1. The van der Waals surface area contributed by atoms with E-state index < -0.39 is 6.09 Å². The third-order valence-corrected chi connectivity index (χ3v) is 5.60. The zero-order valence-electron chi connectivity index (χ0n) is 17.9. The highest BCUT2D eigenvalue weighted by molar-refractivity contribution is 5.79. The van der Waals surface area contributed by atoms with E-state index in [-0.39, 0.29) is 5.92 Å². The first-order valence-corrected chi connectivity index (χ1v) is 10.5. The fraction of sp³-hybridized carbons (Fsp3) is 0.185. The monoisotopic (exact) mass is 424 g/mol. The molecule has 1 amide bonds. The fourth-order valence-corrected chi connectivity index (χ4v) is 4.02. The molecule has 0 saturated heterocycles. The number of amides is 1. The Morgan fingerprint density at radius 3 is 2.41 bits per heavy atom. The van der Waals surface area contributed by atoms with Crippen LogP contribution in [-0.2, 0) is 4.74 Å². The maximum atomic E-state index is 12.2. The lowest BCUT2D eigenvalue weighted by atomic mass is 9.98. The predicted octanol–water partition coefficient (Wildman–Crippen LogP) is 5.51. The van der Waals surface area contributed by atoms with Crippen LogP contribution in [0.5, 0.6) is 5.75 Å². The van der Waals surface area contributed by atoms with Crippen LogP contribution in [-0.4, -0.2) is 26.4 Å². The molecule has 5 heteroatoms. The lowest BCUT2D eigenvalue weighted by molar-refractivity contribution is 0.143. The lowest BCUT2D eigenvalue weighted by Crippen LogP contribution is -2.26. The molecule has 0 radical (unpaired) electrons. The summed E-state index contributed by atoms with van der Waals surface area (Å²) in [7, 11) is 1.59. The van der Waals surface area contributed by atoms with Crippen LogP contribution in [0, 0.1) is 11.3 Å². The molecule has 0 aromatic heterocycles. The highest BCUT2D eigenvalue weighted by atomic mass is 16.5. The molecule has 0 bridgehead atoms. The van der Waals surface area contributed by atoms with Crippen molar-refractivity contribution >= 4 is 12.2 Å². The number of nitrogens with zero attached hydrogens (tertiary/aromatic N) is 1. The molecule has 0 fully saturated rings. The summed E-state index contributed by atoms with van der Waals surface area (Å²) in [6.07, 6.45) is 3.96. The maximum absolute atomic E-state index is 12.2. The molecule has 0 atom stereocenters. The number of benzene rings is 3. The number of rotatable bonds is 7. The quantitative estimate of drug-likeness (QED) is 0.508. The first-order valence-electron chi connectivity index (χ1n) is 10.5. The molecule has 32 heavy (non-hydrogen) atoms. The Hall–Kier alpha value is -4.04. The van der Waals surface area contributed by atoms with E-state index in [2.05, 4.69) is 35.7 Å². The van der Waals surface area contributed by atoms with Gasteiger partial charge >= 0.3 is 6.09 Å². The van der Waals surface area contributed by atoms with Crippen molar-refractivity contribution in [2.24, 2.45) is 0 Å². The molecule has 0 saturated carbocycles. The molecule has 5 nitrogen and oxygen atoms in total. The van der Waals surface area contributed by atoms with Gasteiger partial charge in [0.05, 0.1) is 18.7 Å². The smallest absolute Gasteiger partial charge is 0.407 e. The highest BCUT2D eigenvalue weighted by Crippen LogP contribution is 2.44. The van der Waals surface area contributed by atoms with Crippen molar-refractivity contribution < 1.29 is 14.3 Å². The topological polar surface area (TPSA) is 71.3 Å². The van der Waals surface area contributed by atoms with Crippen LogP contribution in [0.1, 0.15) is 34.6 Å². The van der Waals surface area contributed by atoms with Gasteiger partial charge in [0, 0.05) is 12.5 Å². The van der Waals surface area contributed by atoms with Gasteiger partial charge < -0.3 is 14.8 Å². The Balaban J connectivity index is 1.29. The van der Waals surface area contributed by atoms with E-state index in [4.69, 9.17) is 9.47 Å². The van der Waals surface area contributed by atoms with Crippen molar-refractivity contribution in [3.05, 3.63) is 95.1 Å². The number of nitrogens with one attached hydrogen (secondary N) is 1. The van der Waals surface area contributed by atoms with E-state index >= 15 is 0 Å². The summed E-state index contributed by atoms with van der Waals surface area (Å²) < 4.78 is 10.7. The van der Waals surface area contributed by atoms with Gasteiger partial charge in [0.15, 0.2) is 0 Å². The molecular formula is C27H24N2O3. The number of hydrogen-bond donors (Lipinski definition) is 1. The number of carbonyl (C=O) groups is 1. The average molecular weight is 425 g/mol. The van der Waals surface area contributed by atoms with Crippen LogP contribution < -0.4 is 10.1 Å². The molecule has 1 N–H and O–H groups in total. The van der Waals surface area contributed by atoms with Gasteiger partial charge in [-0.3, -0.25) is 0 Å². The lowest BCUT2D eigenvalue weighted by Gasteiger charge is -2.14. The normalized spacial score (nSPS) is 12.1. The van der Waals surface area contributed by atoms with Crippen molar-refractivity contribution in [1.82, 2.24) is 5.32 Å². The SMILES string of the molecule is COc1ccc(C#N)c(C=CCCNC(=O)OCC2c3ccccc3-c3ccccc32)c1. The van der Waals surface area contributed by atoms with Gasteiger partial charge in [-0.15, -0.1) is 0 Å². The van der Waals surface area contributed by atoms with Crippen molar-refractivity contribution in [2.45, 2.75) is 12.3 Å². The van der Waals surface area contributed by atoms with Gasteiger partial charge in [-0.2, -0.15) is 5.26 Å². The Bertz CT molecular complexity index is 1150. The van der Waals surface area contributed by atoms with Gasteiger partial charge in [-0.05, 0) is 52.4 Å². The molecule has 0 heterocycles. The molecular weight excluding hydrogens is 400 g/mol. The minimum Gasteiger partial charge on any atom is -0.497 e. The van der Waals surface area contributed by atoms with Crippen LogP contribution in [0.2, 0.25) is 0 Å². The average Bonchev–Trinajstić information content (AvgIpc) is 3.16. The second-order valence-electron chi connectivity index (χ2n) is 7.51. The molecule has 160 valence electrons.